The molecule has 1 N–H and O–H groups in total. The van der Waals surface area contributed by atoms with Crippen LogP contribution in [0.4, 0.5) is 19.0 Å². The van der Waals surface area contributed by atoms with E-state index in [1.165, 1.54) is 6.07 Å². The Labute approximate surface area is 127 Å². The van der Waals surface area contributed by atoms with E-state index >= 15 is 0 Å². The fraction of sp³-hybridized carbons (Fsp3) is 0.714. The molecule has 1 aliphatic heterocycles. The number of rotatable bonds is 3. The minimum Gasteiger partial charge on any atom is -0.389 e. The van der Waals surface area contributed by atoms with Crippen LogP contribution in [0.5, 0.6) is 0 Å². The molecule has 1 atom stereocenters. The molecule has 1 aliphatic rings. The lowest BCUT2D eigenvalue weighted by Crippen LogP contribution is -2.55. The largest absolute Gasteiger partial charge is 0.435 e. The third-order valence-electron chi connectivity index (χ3n) is 3.56. The van der Waals surface area contributed by atoms with Crippen LogP contribution >= 0.6 is 0 Å². The van der Waals surface area contributed by atoms with Crippen molar-refractivity contribution in [3.05, 3.63) is 17.8 Å². The first-order valence-electron chi connectivity index (χ1n) is 7.18. The average Bonchev–Trinajstić information content (AvgIpc) is 2.36. The lowest BCUT2D eigenvalue weighted by molar-refractivity contribution is -0.141. The summed E-state index contributed by atoms with van der Waals surface area (Å²) in [7, 11) is 0. The molecule has 0 saturated carbocycles. The molecule has 22 heavy (non-hydrogen) atoms. The second kappa shape index (κ2) is 6.00. The van der Waals surface area contributed by atoms with Crippen LogP contribution in [0.25, 0.3) is 0 Å². The molecule has 1 unspecified atom stereocenters. The van der Waals surface area contributed by atoms with Gasteiger partial charge in [-0.1, -0.05) is 0 Å². The lowest BCUT2D eigenvalue weighted by atomic mass is 10.1. The Morgan fingerprint density at radius 1 is 1.23 bits per heavy atom. The molecule has 0 amide bonds. The molecule has 5 nitrogen and oxygen atoms in total. The van der Waals surface area contributed by atoms with Crippen LogP contribution in [0.2, 0.25) is 0 Å². The fourth-order valence-electron chi connectivity index (χ4n) is 2.69. The molecule has 1 saturated heterocycles. The summed E-state index contributed by atoms with van der Waals surface area (Å²) in [6, 6.07) is 2.40. The van der Waals surface area contributed by atoms with Gasteiger partial charge in [0.25, 0.3) is 0 Å². The summed E-state index contributed by atoms with van der Waals surface area (Å²) in [6.07, 6.45) is -4.47. The number of piperazine rings is 1. The Bertz CT molecular complexity index is 498. The molecule has 124 valence electrons. The first-order chi connectivity index (χ1) is 10.1. The number of aliphatic hydroxyl groups is 1. The maximum absolute atomic E-state index is 12.5. The van der Waals surface area contributed by atoms with Crippen molar-refractivity contribution in [2.45, 2.75) is 38.6 Å². The van der Waals surface area contributed by atoms with Crippen LogP contribution < -0.4 is 4.90 Å². The van der Waals surface area contributed by atoms with Crippen LogP contribution in [0.3, 0.4) is 0 Å². The van der Waals surface area contributed by atoms with Crippen LogP contribution in [-0.2, 0) is 6.18 Å². The number of halogens is 3. The first kappa shape index (κ1) is 17.0. The summed E-state index contributed by atoms with van der Waals surface area (Å²) >= 11 is 0. The highest BCUT2D eigenvalue weighted by Gasteiger charge is 2.34. The molecular weight excluding hydrogens is 297 g/mol. The van der Waals surface area contributed by atoms with Crippen molar-refractivity contribution in [2.24, 2.45) is 0 Å². The molecule has 2 rings (SSSR count). The number of nitrogens with zero attached hydrogens (tertiary/aromatic N) is 4. The average molecular weight is 318 g/mol. The zero-order valence-electron chi connectivity index (χ0n) is 12.9. The standard InChI is InChI=1S/C14H21F3N4O/c1-10-8-20(9-13(2,3)22)6-7-21(10)12-5-4-11(18-19-12)14(15,16)17/h4-5,10,22H,6-9H2,1-3H3. The Kier molecular flexibility index (Phi) is 4.62. The van der Waals surface area contributed by atoms with Gasteiger partial charge in [-0.15, -0.1) is 10.2 Å². The van der Waals surface area contributed by atoms with Crippen molar-refractivity contribution in [3.63, 3.8) is 0 Å². The fourth-order valence-corrected chi connectivity index (χ4v) is 2.69. The smallest absolute Gasteiger partial charge is 0.389 e. The van der Waals surface area contributed by atoms with Crippen molar-refractivity contribution in [1.29, 1.82) is 0 Å². The van der Waals surface area contributed by atoms with Gasteiger partial charge in [-0.25, -0.2) is 0 Å². The van der Waals surface area contributed by atoms with Gasteiger partial charge in [-0.05, 0) is 32.9 Å². The van der Waals surface area contributed by atoms with Crippen molar-refractivity contribution >= 4 is 5.82 Å². The molecule has 0 bridgehead atoms. The summed E-state index contributed by atoms with van der Waals surface area (Å²) in [4.78, 5) is 4.08. The third kappa shape index (κ3) is 4.30. The Hall–Kier alpha value is -1.41. The number of hydrogen-bond acceptors (Lipinski definition) is 5. The van der Waals surface area contributed by atoms with E-state index in [2.05, 4.69) is 15.1 Å². The Morgan fingerprint density at radius 3 is 2.36 bits per heavy atom. The van der Waals surface area contributed by atoms with Gasteiger partial charge in [0, 0.05) is 32.2 Å². The zero-order chi connectivity index (χ0) is 16.5. The van der Waals surface area contributed by atoms with Crippen molar-refractivity contribution in [1.82, 2.24) is 15.1 Å². The summed E-state index contributed by atoms with van der Waals surface area (Å²) in [5, 5.41) is 16.8. The highest BCUT2D eigenvalue weighted by atomic mass is 19.4. The monoisotopic (exact) mass is 318 g/mol. The zero-order valence-corrected chi connectivity index (χ0v) is 12.9. The van der Waals surface area contributed by atoms with E-state index in [9.17, 15) is 18.3 Å². The van der Waals surface area contributed by atoms with Gasteiger partial charge in [-0.3, -0.25) is 4.90 Å². The molecule has 1 aromatic rings. The summed E-state index contributed by atoms with van der Waals surface area (Å²) in [5.41, 5.74) is -1.75. The Balaban J connectivity index is 2.03. The van der Waals surface area contributed by atoms with E-state index in [-0.39, 0.29) is 6.04 Å². The number of aromatic nitrogens is 2. The van der Waals surface area contributed by atoms with Gasteiger partial charge in [0.15, 0.2) is 11.5 Å². The predicted molar refractivity (Wildman–Crippen MR) is 76.6 cm³/mol. The van der Waals surface area contributed by atoms with Crippen molar-refractivity contribution in [2.75, 3.05) is 31.1 Å². The van der Waals surface area contributed by atoms with Crippen molar-refractivity contribution < 1.29 is 18.3 Å². The molecule has 1 aromatic heterocycles. The van der Waals surface area contributed by atoms with Crippen LogP contribution in [0, 0.1) is 0 Å². The van der Waals surface area contributed by atoms with Gasteiger partial charge >= 0.3 is 6.18 Å². The minimum absolute atomic E-state index is 0.0853. The van der Waals surface area contributed by atoms with Gasteiger partial charge in [0.1, 0.15) is 0 Å². The van der Waals surface area contributed by atoms with E-state index in [0.29, 0.717) is 25.5 Å². The van der Waals surface area contributed by atoms with Gasteiger partial charge in [0.05, 0.1) is 5.60 Å². The second-order valence-corrected chi connectivity index (χ2v) is 6.36. The summed E-state index contributed by atoms with van der Waals surface area (Å²) < 4.78 is 37.5. The lowest BCUT2D eigenvalue weighted by Gasteiger charge is -2.42. The molecule has 0 aromatic carbocycles. The van der Waals surface area contributed by atoms with E-state index in [1.807, 2.05) is 11.8 Å². The Morgan fingerprint density at radius 2 is 1.91 bits per heavy atom. The quantitative estimate of drug-likeness (QED) is 0.921. The topological polar surface area (TPSA) is 52.5 Å². The normalized spacial score (nSPS) is 21.2. The summed E-state index contributed by atoms with van der Waals surface area (Å²) in [6.45, 7) is 8.12. The number of anilines is 1. The van der Waals surface area contributed by atoms with E-state index in [0.717, 1.165) is 12.6 Å². The molecular formula is C14H21F3N4O. The van der Waals surface area contributed by atoms with E-state index in [4.69, 9.17) is 0 Å². The number of alkyl halides is 3. The maximum Gasteiger partial charge on any atom is 0.435 e. The highest BCUT2D eigenvalue weighted by molar-refractivity contribution is 5.39. The van der Waals surface area contributed by atoms with E-state index in [1.54, 1.807) is 13.8 Å². The molecule has 0 spiro atoms. The highest BCUT2D eigenvalue weighted by Crippen LogP contribution is 2.28. The maximum atomic E-state index is 12.5. The van der Waals surface area contributed by atoms with Gasteiger partial charge < -0.3 is 10.0 Å². The molecule has 0 radical (unpaired) electrons. The van der Waals surface area contributed by atoms with Crippen LogP contribution in [0.15, 0.2) is 12.1 Å². The summed E-state index contributed by atoms with van der Waals surface area (Å²) in [5.74, 6) is 0.448. The van der Waals surface area contributed by atoms with Gasteiger partial charge in [0.2, 0.25) is 0 Å². The van der Waals surface area contributed by atoms with Crippen LogP contribution in [0.1, 0.15) is 26.5 Å². The number of β-amino-alcohol motifs (C(OH)–C–C–N with tert-alkyl or cyclic N) is 1. The molecule has 2 heterocycles. The van der Waals surface area contributed by atoms with Crippen LogP contribution in [-0.4, -0.2) is 58.0 Å². The number of hydrogen-bond donors (Lipinski definition) is 1. The molecule has 1 fully saturated rings. The first-order valence-corrected chi connectivity index (χ1v) is 7.18. The third-order valence-corrected chi connectivity index (χ3v) is 3.56. The second-order valence-electron chi connectivity index (χ2n) is 6.36. The van der Waals surface area contributed by atoms with Crippen molar-refractivity contribution in [3.8, 4) is 0 Å². The minimum atomic E-state index is -4.47. The predicted octanol–water partition coefficient (Wildman–Crippen LogP) is 1.78. The molecule has 8 heteroatoms. The van der Waals surface area contributed by atoms with E-state index < -0.39 is 17.5 Å². The molecule has 0 aliphatic carbocycles. The SMILES string of the molecule is CC1CN(CC(C)(C)O)CCN1c1ccc(C(F)(F)F)nn1. The van der Waals surface area contributed by atoms with Gasteiger partial charge in [-0.2, -0.15) is 13.2 Å².